The van der Waals surface area contributed by atoms with Crippen LogP contribution in [-0.4, -0.2) is 60.5 Å². The Morgan fingerprint density at radius 1 is 1.03 bits per heavy atom. The number of alkyl carbamates (subject to hydrolysis) is 1. The molecule has 0 bridgehead atoms. The molecule has 3 rings (SSSR count). The van der Waals surface area contributed by atoms with E-state index < -0.39 is 24.2 Å². The topological polar surface area (TPSA) is 84.9 Å². The molecule has 0 aliphatic carbocycles. The molecule has 1 aliphatic rings. The van der Waals surface area contributed by atoms with Gasteiger partial charge in [0.2, 0.25) is 5.91 Å². The maximum absolute atomic E-state index is 13.4. The summed E-state index contributed by atoms with van der Waals surface area (Å²) in [5.74, 6) is 0.797. The fourth-order valence-electron chi connectivity index (χ4n) is 4.07. The summed E-state index contributed by atoms with van der Waals surface area (Å²) in [5, 5.41) is 2.69. The molecule has 35 heavy (non-hydrogen) atoms. The Morgan fingerprint density at radius 2 is 1.66 bits per heavy atom. The molecule has 1 saturated heterocycles. The third-order valence-corrected chi connectivity index (χ3v) is 7.07. The molecule has 1 unspecified atom stereocenters. The number of thioether (sulfide) groups is 1. The highest BCUT2D eigenvalue weighted by Gasteiger charge is 2.31. The normalized spacial score (nSPS) is 15.7. The summed E-state index contributed by atoms with van der Waals surface area (Å²) in [6.07, 6.45) is -0.0961. The summed E-state index contributed by atoms with van der Waals surface area (Å²) in [7, 11) is 0. The standard InChI is InChI=1S/C27H34N2O5S/c1-3-33-26(31)20(2)34-27(32)28-24(19-35-18-21-10-6-4-7-11-21)25(30)29-16-14-23(15-17-29)22-12-8-5-9-13-22/h4-13,20,23-24H,3,14-19H2,1-2H3,(H,28,32)/t20?,24-/m0/s1. The van der Waals surface area contributed by atoms with Gasteiger partial charge in [-0.3, -0.25) is 4.79 Å². The van der Waals surface area contributed by atoms with E-state index in [-0.39, 0.29) is 12.5 Å². The van der Waals surface area contributed by atoms with Gasteiger partial charge >= 0.3 is 12.1 Å². The molecule has 1 aliphatic heterocycles. The van der Waals surface area contributed by atoms with Crippen LogP contribution >= 0.6 is 11.8 Å². The van der Waals surface area contributed by atoms with E-state index >= 15 is 0 Å². The lowest BCUT2D eigenvalue weighted by Gasteiger charge is -2.34. The van der Waals surface area contributed by atoms with Crippen molar-refractivity contribution in [3.05, 3.63) is 71.8 Å². The van der Waals surface area contributed by atoms with Gasteiger partial charge in [0.1, 0.15) is 6.04 Å². The van der Waals surface area contributed by atoms with E-state index in [1.165, 1.54) is 12.5 Å². The first kappa shape index (κ1) is 26.6. The molecule has 2 aromatic carbocycles. The zero-order valence-corrected chi connectivity index (χ0v) is 21.2. The Bertz CT molecular complexity index is 949. The molecule has 0 aromatic heterocycles. The molecule has 0 saturated carbocycles. The number of likely N-dealkylation sites (tertiary alicyclic amines) is 1. The van der Waals surface area contributed by atoms with Gasteiger partial charge < -0.3 is 19.7 Å². The van der Waals surface area contributed by atoms with Gasteiger partial charge in [0.05, 0.1) is 6.61 Å². The largest absolute Gasteiger partial charge is 0.463 e. The van der Waals surface area contributed by atoms with E-state index in [0.717, 1.165) is 24.2 Å². The third kappa shape index (κ3) is 8.31. The first-order chi connectivity index (χ1) is 17.0. The smallest absolute Gasteiger partial charge is 0.408 e. The summed E-state index contributed by atoms with van der Waals surface area (Å²) in [5.41, 5.74) is 2.44. The van der Waals surface area contributed by atoms with Gasteiger partial charge in [-0.15, -0.1) is 0 Å². The molecule has 0 spiro atoms. The highest BCUT2D eigenvalue weighted by molar-refractivity contribution is 7.98. The molecule has 1 fully saturated rings. The SMILES string of the molecule is CCOC(=O)C(C)OC(=O)N[C@@H](CSCc1ccccc1)C(=O)N1CCC(c2ccccc2)CC1. The Morgan fingerprint density at radius 3 is 2.29 bits per heavy atom. The van der Waals surface area contributed by atoms with Crippen LogP contribution in [0.1, 0.15) is 43.7 Å². The second-order valence-corrected chi connectivity index (χ2v) is 9.54. The first-order valence-electron chi connectivity index (χ1n) is 12.1. The molecule has 188 valence electrons. The molecule has 1 heterocycles. The number of rotatable bonds is 10. The number of benzene rings is 2. The highest BCUT2D eigenvalue weighted by Crippen LogP contribution is 2.28. The molecule has 2 aromatic rings. The number of hydrogen-bond acceptors (Lipinski definition) is 6. The maximum atomic E-state index is 13.4. The summed E-state index contributed by atoms with van der Waals surface area (Å²) < 4.78 is 10.1. The van der Waals surface area contributed by atoms with Crippen molar-refractivity contribution in [1.82, 2.24) is 10.2 Å². The van der Waals surface area contributed by atoms with Crippen molar-refractivity contribution in [1.29, 1.82) is 0 Å². The first-order valence-corrected chi connectivity index (χ1v) is 13.2. The molecule has 7 nitrogen and oxygen atoms in total. The summed E-state index contributed by atoms with van der Waals surface area (Å²) >= 11 is 1.57. The summed E-state index contributed by atoms with van der Waals surface area (Å²) in [6, 6.07) is 19.6. The van der Waals surface area contributed by atoms with Crippen molar-refractivity contribution >= 4 is 29.7 Å². The molecular weight excluding hydrogens is 464 g/mol. The Balaban J connectivity index is 1.59. The number of carbonyl (C=O) groups is 3. The molecule has 2 atom stereocenters. The predicted octanol–water partition coefficient (Wildman–Crippen LogP) is 4.37. The van der Waals surface area contributed by atoms with Crippen LogP contribution < -0.4 is 5.32 Å². The lowest BCUT2D eigenvalue weighted by molar-refractivity contribution is -0.152. The van der Waals surface area contributed by atoms with Crippen LogP contribution in [0.25, 0.3) is 0 Å². The number of piperidine rings is 1. The number of esters is 1. The van der Waals surface area contributed by atoms with Crippen LogP contribution in [0, 0.1) is 0 Å². The van der Waals surface area contributed by atoms with Crippen LogP contribution in [0.3, 0.4) is 0 Å². The van der Waals surface area contributed by atoms with Crippen molar-refractivity contribution in [2.75, 3.05) is 25.4 Å². The van der Waals surface area contributed by atoms with E-state index in [1.54, 1.807) is 18.7 Å². The van der Waals surface area contributed by atoms with E-state index in [2.05, 4.69) is 17.4 Å². The maximum Gasteiger partial charge on any atom is 0.408 e. The zero-order valence-electron chi connectivity index (χ0n) is 20.4. The summed E-state index contributed by atoms with van der Waals surface area (Å²) in [6.45, 7) is 4.60. The van der Waals surface area contributed by atoms with Gasteiger partial charge in [-0.05, 0) is 43.7 Å². The van der Waals surface area contributed by atoms with Crippen LogP contribution in [0.4, 0.5) is 4.79 Å². The fourth-order valence-corrected chi connectivity index (χ4v) is 5.07. The van der Waals surface area contributed by atoms with Crippen molar-refractivity contribution in [2.24, 2.45) is 0 Å². The lowest BCUT2D eigenvalue weighted by Crippen LogP contribution is -2.52. The average Bonchev–Trinajstić information content (AvgIpc) is 2.89. The molecular formula is C27H34N2O5S. The minimum absolute atomic E-state index is 0.127. The lowest BCUT2D eigenvalue weighted by atomic mass is 9.89. The number of amides is 2. The van der Waals surface area contributed by atoms with E-state index in [0.29, 0.717) is 24.8 Å². The third-order valence-electron chi connectivity index (χ3n) is 5.97. The van der Waals surface area contributed by atoms with Crippen molar-refractivity contribution in [3.8, 4) is 0 Å². The molecule has 1 N–H and O–H groups in total. The Kier molecular flexibility index (Phi) is 10.5. The number of carbonyl (C=O) groups excluding carboxylic acids is 3. The molecule has 8 heteroatoms. The van der Waals surface area contributed by atoms with E-state index in [4.69, 9.17) is 9.47 Å². The predicted molar refractivity (Wildman–Crippen MR) is 137 cm³/mol. The molecule has 2 amide bonds. The number of hydrogen-bond donors (Lipinski definition) is 1. The minimum Gasteiger partial charge on any atom is -0.463 e. The Hall–Kier alpha value is -3.00. The van der Waals surface area contributed by atoms with Crippen LogP contribution in [0.5, 0.6) is 0 Å². The van der Waals surface area contributed by atoms with Crippen LogP contribution in [0.15, 0.2) is 60.7 Å². The molecule has 0 radical (unpaired) electrons. The fraction of sp³-hybridized carbons (Fsp3) is 0.444. The zero-order chi connectivity index (χ0) is 25.0. The Labute approximate surface area is 211 Å². The van der Waals surface area contributed by atoms with Crippen LogP contribution in [0.2, 0.25) is 0 Å². The van der Waals surface area contributed by atoms with Gasteiger partial charge in [-0.1, -0.05) is 60.7 Å². The van der Waals surface area contributed by atoms with Gasteiger partial charge in [0.25, 0.3) is 0 Å². The van der Waals surface area contributed by atoms with E-state index in [1.807, 2.05) is 53.4 Å². The average molecular weight is 499 g/mol. The summed E-state index contributed by atoms with van der Waals surface area (Å²) in [4.78, 5) is 39.5. The van der Waals surface area contributed by atoms with Gasteiger partial charge in [0.15, 0.2) is 6.10 Å². The highest BCUT2D eigenvalue weighted by atomic mass is 32.2. The minimum atomic E-state index is -1.05. The van der Waals surface area contributed by atoms with E-state index in [9.17, 15) is 14.4 Å². The number of nitrogens with one attached hydrogen (secondary N) is 1. The monoisotopic (exact) mass is 498 g/mol. The van der Waals surface area contributed by atoms with Crippen molar-refractivity contribution in [3.63, 3.8) is 0 Å². The van der Waals surface area contributed by atoms with Crippen molar-refractivity contribution < 1.29 is 23.9 Å². The number of ether oxygens (including phenoxy) is 2. The van der Waals surface area contributed by atoms with Crippen LogP contribution in [-0.2, 0) is 24.8 Å². The van der Waals surface area contributed by atoms with Gasteiger partial charge in [-0.25, -0.2) is 9.59 Å². The van der Waals surface area contributed by atoms with Crippen molar-refractivity contribution in [2.45, 2.75) is 50.5 Å². The second kappa shape index (κ2) is 13.8. The quantitative estimate of drug-likeness (QED) is 0.490. The number of nitrogens with zero attached hydrogens (tertiary/aromatic N) is 1. The second-order valence-electron chi connectivity index (χ2n) is 8.51. The van der Waals surface area contributed by atoms with Gasteiger partial charge in [-0.2, -0.15) is 11.8 Å². The van der Waals surface area contributed by atoms with Gasteiger partial charge in [0, 0.05) is 24.6 Å².